The van der Waals surface area contributed by atoms with E-state index in [0.717, 1.165) is 22.9 Å². The van der Waals surface area contributed by atoms with Crippen molar-refractivity contribution in [3.05, 3.63) is 98.6 Å². The molecule has 3 aromatic rings. The largest absolute Gasteiger partial charge is 0.322 e. The van der Waals surface area contributed by atoms with Gasteiger partial charge in [-0.1, -0.05) is 47.5 Å². The minimum absolute atomic E-state index is 0.0155. The van der Waals surface area contributed by atoms with Gasteiger partial charge in [0.1, 0.15) is 10.4 Å². The van der Waals surface area contributed by atoms with Gasteiger partial charge in [0.2, 0.25) is 5.91 Å². The normalized spacial score (nSPS) is 15.6. The third-order valence-corrected chi connectivity index (χ3v) is 6.57. The van der Waals surface area contributed by atoms with Crippen molar-refractivity contribution in [1.29, 1.82) is 0 Å². The van der Waals surface area contributed by atoms with Crippen molar-refractivity contribution >= 4 is 52.2 Å². The molecule has 1 aliphatic rings. The third kappa shape index (κ3) is 4.32. The lowest BCUT2D eigenvalue weighted by Gasteiger charge is -2.26. The van der Waals surface area contributed by atoms with Crippen molar-refractivity contribution in [3.63, 3.8) is 0 Å². The van der Waals surface area contributed by atoms with Crippen molar-refractivity contribution in [2.24, 2.45) is 0 Å². The van der Waals surface area contributed by atoms with E-state index in [4.69, 9.17) is 11.6 Å². The summed E-state index contributed by atoms with van der Waals surface area (Å²) in [6.07, 6.45) is 0. The summed E-state index contributed by atoms with van der Waals surface area (Å²) in [7, 11) is 0. The molecule has 1 N–H and O–H groups in total. The Kier molecular flexibility index (Phi) is 6.16. The Balaban J connectivity index is 1.65. The highest BCUT2D eigenvalue weighted by atomic mass is 35.5. The first-order chi connectivity index (χ1) is 15.3. The van der Waals surface area contributed by atoms with Gasteiger partial charge in [0.15, 0.2) is 0 Å². The number of para-hydroxylation sites is 1. The van der Waals surface area contributed by atoms with E-state index in [0.29, 0.717) is 11.4 Å². The summed E-state index contributed by atoms with van der Waals surface area (Å²) in [5, 5.41) is 13.6. The molecule has 1 unspecified atom stereocenters. The smallest absolute Gasteiger partial charge is 0.288 e. The molecular formula is C23H18ClN3O4S. The summed E-state index contributed by atoms with van der Waals surface area (Å²) in [6.45, 7) is 1.98. The molecule has 1 aliphatic heterocycles. The Hall–Kier alpha value is -3.36. The van der Waals surface area contributed by atoms with Crippen molar-refractivity contribution in [3.8, 4) is 0 Å². The van der Waals surface area contributed by atoms with Crippen LogP contribution in [-0.4, -0.2) is 22.5 Å². The van der Waals surface area contributed by atoms with E-state index in [9.17, 15) is 19.7 Å². The number of nitro benzene ring substituents is 1. The molecule has 1 atom stereocenters. The van der Waals surface area contributed by atoms with Crippen LogP contribution in [0.5, 0.6) is 0 Å². The molecule has 0 aliphatic carbocycles. The molecule has 7 nitrogen and oxygen atoms in total. The van der Waals surface area contributed by atoms with Gasteiger partial charge >= 0.3 is 0 Å². The number of hydrogen-bond acceptors (Lipinski definition) is 5. The standard InChI is InChI=1S/C23H18ClN3O4S/c1-14-6-9-16(10-7-14)26-21(28)13-32-23(26)17-4-2-3-5-19(17)25-22(29)15-8-11-18(24)20(12-15)27(30)31/h2-12,23H,13H2,1H3,(H,25,29). The first kappa shape index (κ1) is 21.9. The molecule has 0 aromatic heterocycles. The van der Waals surface area contributed by atoms with Crippen LogP contribution >= 0.6 is 23.4 Å². The first-order valence-electron chi connectivity index (χ1n) is 9.69. The molecule has 0 saturated carbocycles. The predicted octanol–water partition coefficient (Wildman–Crippen LogP) is 5.59. The van der Waals surface area contributed by atoms with Gasteiger partial charge in [0.05, 0.1) is 10.7 Å². The van der Waals surface area contributed by atoms with E-state index >= 15 is 0 Å². The second-order valence-electron chi connectivity index (χ2n) is 7.23. The number of anilines is 2. The Morgan fingerprint density at radius 2 is 1.88 bits per heavy atom. The number of carbonyl (C=O) groups excluding carboxylic acids is 2. The number of nitro groups is 1. The average Bonchev–Trinajstić information content (AvgIpc) is 3.16. The van der Waals surface area contributed by atoms with Crippen LogP contribution in [0, 0.1) is 17.0 Å². The maximum absolute atomic E-state index is 12.9. The SMILES string of the molecule is Cc1ccc(N2C(=O)CSC2c2ccccc2NC(=O)c2ccc(Cl)c([N+](=O)[O-])c2)cc1. The van der Waals surface area contributed by atoms with E-state index in [2.05, 4.69) is 5.32 Å². The molecule has 9 heteroatoms. The quantitative estimate of drug-likeness (QED) is 0.390. The zero-order chi connectivity index (χ0) is 22.8. The van der Waals surface area contributed by atoms with Crippen molar-refractivity contribution in [1.82, 2.24) is 0 Å². The maximum Gasteiger partial charge on any atom is 0.288 e. The molecule has 4 rings (SSSR count). The minimum Gasteiger partial charge on any atom is -0.322 e. The van der Waals surface area contributed by atoms with Crippen molar-refractivity contribution in [2.75, 3.05) is 16.0 Å². The lowest BCUT2D eigenvalue weighted by atomic mass is 10.1. The Morgan fingerprint density at radius 1 is 1.16 bits per heavy atom. The third-order valence-electron chi connectivity index (χ3n) is 5.06. The van der Waals surface area contributed by atoms with Crippen LogP contribution in [0.1, 0.15) is 26.9 Å². The lowest BCUT2D eigenvalue weighted by Crippen LogP contribution is -2.28. The number of rotatable bonds is 5. The highest BCUT2D eigenvalue weighted by molar-refractivity contribution is 8.00. The van der Waals surface area contributed by atoms with Crippen LogP contribution in [-0.2, 0) is 4.79 Å². The van der Waals surface area contributed by atoms with Gasteiger partial charge in [-0.3, -0.25) is 24.6 Å². The minimum atomic E-state index is -0.632. The number of benzene rings is 3. The van der Waals surface area contributed by atoms with Gasteiger partial charge in [-0.2, -0.15) is 0 Å². The molecule has 3 aromatic carbocycles. The molecule has 0 bridgehead atoms. The summed E-state index contributed by atoms with van der Waals surface area (Å²) in [5.74, 6) is -0.198. The van der Waals surface area contributed by atoms with Gasteiger partial charge in [0.25, 0.3) is 11.6 Å². The van der Waals surface area contributed by atoms with Gasteiger partial charge in [-0.15, -0.1) is 11.8 Å². The summed E-state index contributed by atoms with van der Waals surface area (Å²) in [4.78, 5) is 37.8. The lowest BCUT2D eigenvalue weighted by molar-refractivity contribution is -0.384. The van der Waals surface area contributed by atoms with E-state index < -0.39 is 10.8 Å². The summed E-state index contributed by atoms with van der Waals surface area (Å²) < 4.78 is 0. The Bertz CT molecular complexity index is 1220. The van der Waals surface area contributed by atoms with E-state index in [1.807, 2.05) is 43.3 Å². The fourth-order valence-corrected chi connectivity index (χ4v) is 4.85. The topological polar surface area (TPSA) is 92.6 Å². The fraction of sp³-hybridized carbons (Fsp3) is 0.130. The Morgan fingerprint density at radius 3 is 2.59 bits per heavy atom. The van der Waals surface area contributed by atoms with Crippen LogP contribution in [0.2, 0.25) is 5.02 Å². The number of amides is 2. The van der Waals surface area contributed by atoms with E-state index in [1.165, 1.54) is 23.9 Å². The molecule has 162 valence electrons. The zero-order valence-electron chi connectivity index (χ0n) is 16.9. The van der Waals surface area contributed by atoms with Crippen molar-refractivity contribution < 1.29 is 14.5 Å². The molecular weight excluding hydrogens is 450 g/mol. The average molecular weight is 468 g/mol. The number of hydrogen-bond donors (Lipinski definition) is 1. The van der Waals surface area contributed by atoms with Crippen LogP contribution in [0.15, 0.2) is 66.7 Å². The summed E-state index contributed by atoms with van der Waals surface area (Å²) >= 11 is 7.33. The highest BCUT2D eigenvalue weighted by Gasteiger charge is 2.35. The van der Waals surface area contributed by atoms with Crippen LogP contribution < -0.4 is 10.2 Å². The van der Waals surface area contributed by atoms with Crippen LogP contribution in [0.3, 0.4) is 0 Å². The van der Waals surface area contributed by atoms with Crippen LogP contribution in [0.25, 0.3) is 0 Å². The molecule has 2 amide bonds. The van der Waals surface area contributed by atoms with Crippen molar-refractivity contribution in [2.45, 2.75) is 12.3 Å². The second-order valence-corrected chi connectivity index (χ2v) is 8.70. The Labute approximate surface area is 193 Å². The van der Waals surface area contributed by atoms with Crippen LogP contribution in [0.4, 0.5) is 17.1 Å². The van der Waals surface area contributed by atoms with Gasteiger partial charge < -0.3 is 5.32 Å². The molecule has 1 saturated heterocycles. The molecule has 0 radical (unpaired) electrons. The summed E-state index contributed by atoms with van der Waals surface area (Å²) in [6, 6.07) is 18.8. The number of halogens is 1. The van der Waals surface area contributed by atoms with E-state index in [1.54, 1.807) is 17.0 Å². The predicted molar refractivity (Wildman–Crippen MR) is 126 cm³/mol. The maximum atomic E-state index is 12.9. The second kappa shape index (κ2) is 9.02. The van der Waals surface area contributed by atoms with Gasteiger partial charge in [-0.05, 0) is 37.3 Å². The summed E-state index contributed by atoms with van der Waals surface area (Å²) in [5.41, 5.74) is 2.94. The number of thioether (sulfide) groups is 1. The molecule has 32 heavy (non-hydrogen) atoms. The zero-order valence-corrected chi connectivity index (χ0v) is 18.5. The molecule has 1 fully saturated rings. The number of nitrogens with one attached hydrogen (secondary N) is 1. The fourth-order valence-electron chi connectivity index (χ4n) is 3.45. The van der Waals surface area contributed by atoms with Gasteiger partial charge in [-0.25, -0.2) is 0 Å². The number of aryl methyl sites for hydroxylation is 1. The molecule has 0 spiro atoms. The number of carbonyl (C=O) groups is 2. The molecule has 1 heterocycles. The highest BCUT2D eigenvalue weighted by Crippen LogP contribution is 2.44. The van der Waals surface area contributed by atoms with E-state index in [-0.39, 0.29) is 27.6 Å². The van der Waals surface area contributed by atoms with Gasteiger partial charge in [0, 0.05) is 28.6 Å². The first-order valence-corrected chi connectivity index (χ1v) is 11.1. The number of nitrogens with zero attached hydrogens (tertiary/aromatic N) is 2. The monoisotopic (exact) mass is 467 g/mol.